The first-order valence-electron chi connectivity index (χ1n) is 6.63. The molecule has 0 saturated heterocycles. The Bertz CT molecular complexity index is 414. The van der Waals surface area contributed by atoms with Crippen molar-refractivity contribution in [3.8, 4) is 0 Å². The first-order valence-corrected chi connectivity index (χ1v) is 6.63. The summed E-state index contributed by atoms with van der Waals surface area (Å²) in [7, 11) is 0. The quantitative estimate of drug-likeness (QED) is 0.550. The van der Waals surface area contributed by atoms with Gasteiger partial charge in [0.2, 0.25) is 0 Å². The molecule has 18 heavy (non-hydrogen) atoms. The Balaban J connectivity index is 2.94. The Morgan fingerprint density at radius 1 is 1.33 bits per heavy atom. The van der Waals surface area contributed by atoms with Crippen LogP contribution < -0.4 is 0 Å². The molecule has 0 heterocycles. The van der Waals surface area contributed by atoms with E-state index >= 15 is 0 Å². The molecule has 1 unspecified atom stereocenters. The maximum atomic E-state index is 7.69. The first kappa shape index (κ1) is 14.7. The van der Waals surface area contributed by atoms with Gasteiger partial charge in [0.1, 0.15) is 0 Å². The van der Waals surface area contributed by atoms with Crippen molar-refractivity contribution in [3.63, 3.8) is 0 Å². The van der Waals surface area contributed by atoms with Gasteiger partial charge in [0.15, 0.2) is 0 Å². The van der Waals surface area contributed by atoms with E-state index < -0.39 is 0 Å². The molecule has 0 spiro atoms. The fourth-order valence-corrected chi connectivity index (χ4v) is 2.36. The summed E-state index contributed by atoms with van der Waals surface area (Å²) in [4.78, 5) is 0. The predicted molar refractivity (Wildman–Crippen MR) is 80.6 cm³/mol. The van der Waals surface area contributed by atoms with Crippen LogP contribution in [0.1, 0.15) is 45.2 Å². The molecule has 1 nitrogen and oxygen atoms in total. The van der Waals surface area contributed by atoms with Gasteiger partial charge in [0.05, 0.1) is 0 Å². The van der Waals surface area contributed by atoms with Gasteiger partial charge in [-0.05, 0) is 36.8 Å². The maximum Gasteiger partial charge on any atom is 0.0307 e. The Kier molecular flexibility index (Phi) is 4.89. The minimum absolute atomic E-state index is 0.220. The van der Waals surface area contributed by atoms with Gasteiger partial charge in [-0.25, -0.2) is 0 Å². The largest absolute Gasteiger partial charge is 0.312 e. The van der Waals surface area contributed by atoms with E-state index in [1.54, 1.807) is 6.21 Å². The minimum Gasteiger partial charge on any atom is -0.312 e. The van der Waals surface area contributed by atoms with Gasteiger partial charge in [-0.15, -0.1) is 6.58 Å². The molecule has 0 bridgehead atoms. The zero-order valence-corrected chi connectivity index (χ0v) is 12.1. The Morgan fingerprint density at radius 2 is 1.89 bits per heavy atom. The monoisotopic (exact) mass is 243 g/mol. The van der Waals surface area contributed by atoms with Crippen LogP contribution in [-0.2, 0) is 11.8 Å². The van der Waals surface area contributed by atoms with Crippen LogP contribution in [0, 0.1) is 11.3 Å². The average molecular weight is 243 g/mol. The van der Waals surface area contributed by atoms with Crippen molar-refractivity contribution < 1.29 is 0 Å². The molecule has 1 heteroatoms. The normalized spacial score (nSPS) is 14.3. The van der Waals surface area contributed by atoms with E-state index in [0.717, 1.165) is 18.4 Å². The average Bonchev–Trinajstić information content (AvgIpc) is 2.28. The zero-order chi connectivity index (χ0) is 13.8. The predicted octanol–water partition coefficient (Wildman–Crippen LogP) is 4.76. The SMILES string of the molecule is C=C(C)CC(C)(C=N)c1ccc(CC(C)C)cc1. The lowest BCUT2D eigenvalue weighted by molar-refractivity contribution is 0.634. The molecular weight excluding hydrogens is 218 g/mol. The van der Waals surface area contributed by atoms with Gasteiger partial charge >= 0.3 is 0 Å². The van der Waals surface area contributed by atoms with Crippen molar-refractivity contribution in [1.82, 2.24) is 0 Å². The standard InChI is InChI=1S/C17H25N/c1-13(2)10-15-6-8-16(9-7-15)17(5,12-18)11-14(3)4/h6-9,12-13,18H,3,10-11H2,1-2,4-5H3. The topological polar surface area (TPSA) is 23.9 Å². The third-order valence-corrected chi connectivity index (χ3v) is 3.24. The molecule has 1 atom stereocenters. The molecule has 1 rings (SSSR count). The number of allylic oxidation sites excluding steroid dienone is 1. The molecule has 0 fully saturated rings. The molecule has 0 aliphatic heterocycles. The van der Waals surface area contributed by atoms with E-state index in [0.29, 0.717) is 5.92 Å². The highest BCUT2D eigenvalue weighted by Crippen LogP contribution is 2.28. The summed E-state index contributed by atoms with van der Waals surface area (Å²) in [6, 6.07) is 8.70. The number of rotatable bonds is 6. The van der Waals surface area contributed by atoms with Crippen LogP contribution in [0.15, 0.2) is 36.4 Å². The van der Waals surface area contributed by atoms with E-state index in [1.807, 2.05) is 6.92 Å². The summed E-state index contributed by atoms with van der Waals surface area (Å²) in [5.41, 5.74) is 3.47. The summed E-state index contributed by atoms with van der Waals surface area (Å²) >= 11 is 0. The third kappa shape index (κ3) is 3.83. The number of hydrogen-bond donors (Lipinski definition) is 1. The molecule has 0 aliphatic rings. The van der Waals surface area contributed by atoms with Crippen molar-refractivity contribution in [1.29, 1.82) is 5.41 Å². The molecule has 1 aromatic rings. The lowest BCUT2D eigenvalue weighted by atomic mass is 9.78. The van der Waals surface area contributed by atoms with Crippen molar-refractivity contribution >= 4 is 6.21 Å². The van der Waals surface area contributed by atoms with Crippen molar-refractivity contribution in [2.45, 2.75) is 46.0 Å². The molecule has 0 saturated carbocycles. The van der Waals surface area contributed by atoms with Gasteiger partial charge in [-0.1, -0.05) is 50.6 Å². The van der Waals surface area contributed by atoms with Crippen LogP contribution in [0.2, 0.25) is 0 Å². The highest BCUT2D eigenvalue weighted by atomic mass is 14.4. The molecule has 0 aromatic heterocycles. The van der Waals surface area contributed by atoms with E-state index in [4.69, 9.17) is 5.41 Å². The Morgan fingerprint density at radius 3 is 2.28 bits per heavy atom. The van der Waals surface area contributed by atoms with Crippen LogP contribution in [0.25, 0.3) is 0 Å². The van der Waals surface area contributed by atoms with Crippen molar-refractivity contribution in [2.24, 2.45) is 5.92 Å². The third-order valence-electron chi connectivity index (χ3n) is 3.24. The molecule has 98 valence electrons. The summed E-state index contributed by atoms with van der Waals surface area (Å²) in [5.74, 6) is 0.681. The van der Waals surface area contributed by atoms with Gasteiger partial charge < -0.3 is 5.41 Å². The summed E-state index contributed by atoms with van der Waals surface area (Å²) in [6.07, 6.45) is 3.49. The molecule has 0 amide bonds. The summed E-state index contributed by atoms with van der Waals surface area (Å²) in [5, 5.41) is 7.69. The first-order chi connectivity index (χ1) is 8.37. The highest BCUT2D eigenvalue weighted by molar-refractivity contribution is 5.71. The van der Waals surface area contributed by atoms with E-state index in [2.05, 4.69) is 51.6 Å². The number of hydrogen-bond acceptors (Lipinski definition) is 1. The lowest BCUT2D eigenvalue weighted by Gasteiger charge is -2.25. The fraction of sp³-hybridized carbons (Fsp3) is 0.471. The second-order valence-corrected chi connectivity index (χ2v) is 5.99. The smallest absolute Gasteiger partial charge is 0.0307 e. The highest BCUT2D eigenvalue weighted by Gasteiger charge is 2.23. The zero-order valence-electron chi connectivity index (χ0n) is 12.1. The van der Waals surface area contributed by atoms with Gasteiger partial charge in [-0.3, -0.25) is 0 Å². The van der Waals surface area contributed by atoms with E-state index in [9.17, 15) is 0 Å². The van der Waals surface area contributed by atoms with E-state index in [1.165, 1.54) is 11.1 Å². The molecule has 1 N–H and O–H groups in total. The second-order valence-electron chi connectivity index (χ2n) is 5.99. The van der Waals surface area contributed by atoms with Crippen LogP contribution in [0.5, 0.6) is 0 Å². The van der Waals surface area contributed by atoms with Crippen LogP contribution in [0.3, 0.4) is 0 Å². The summed E-state index contributed by atoms with van der Waals surface area (Å²) < 4.78 is 0. The van der Waals surface area contributed by atoms with Gasteiger partial charge in [0, 0.05) is 11.6 Å². The van der Waals surface area contributed by atoms with Crippen LogP contribution >= 0.6 is 0 Å². The molecule has 1 aromatic carbocycles. The fourth-order valence-electron chi connectivity index (χ4n) is 2.36. The lowest BCUT2D eigenvalue weighted by Crippen LogP contribution is -2.23. The Labute approximate surface area is 111 Å². The van der Waals surface area contributed by atoms with Crippen LogP contribution in [-0.4, -0.2) is 6.21 Å². The summed E-state index contributed by atoms with van der Waals surface area (Å²) in [6.45, 7) is 12.6. The molecule has 0 radical (unpaired) electrons. The van der Waals surface area contributed by atoms with Crippen molar-refractivity contribution in [3.05, 3.63) is 47.5 Å². The molecular formula is C17H25N. The Hall–Kier alpha value is -1.37. The van der Waals surface area contributed by atoms with Gasteiger partial charge in [0.25, 0.3) is 0 Å². The van der Waals surface area contributed by atoms with Crippen molar-refractivity contribution in [2.75, 3.05) is 0 Å². The number of nitrogens with one attached hydrogen (secondary N) is 1. The second kappa shape index (κ2) is 5.99. The van der Waals surface area contributed by atoms with Crippen LogP contribution in [0.4, 0.5) is 0 Å². The maximum absolute atomic E-state index is 7.69. The molecule has 0 aliphatic carbocycles. The minimum atomic E-state index is -0.220. The van der Waals surface area contributed by atoms with E-state index in [-0.39, 0.29) is 5.41 Å². The van der Waals surface area contributed by atoms with Gasteiger partial charge in [-0.2, -0.15) is 0 Å². The number of benzene rings is 1.